The normalized spacial score (nSPS) is 11.2. The van der Waals surface area contributed by atoms with Crippen molar-refractivity contribution in [1.29, 1.82) is 0 Å². The molecular weight excluding hydrogens is 220 g/mol. The molecule has 0 aromatic heterocycles. The molecule has 0 saturated carbocycles. The summed E-state index contributed by atoms with van der Waals surface area (Å²) >= 11 is 0. The van der Waals surface area contributed by atoms with Crippen LogP contribution in [0.25, 0.3) is 0 Å². The third kappa shape index (κ3) is 2.99. The molecule has 0 heterocycles. The van der Waals surface area contributed by atoms with Crippen LogP contribution in [0.15, 0.2) is 18.2 Å². The van der Waals surface area contributed by atoms with Crippen molar-refractivity contribution in [3.05, 3.63) is 35.1 Å². The molecule has 0 spiro atoms. The van der Waals surface area contributed by atoms with Gasteiger partial charge in [0.05, 0.1) is 5.56 Å². The Kier molecular flexibility index (Phi) is 3.94. The molecule has 0 saturated heterocycles. The zero-order valence-electron chi connectivity index (χ0n) is 8.44. The second-order valence-corrected chi connectivity index (χ2v) is 3.33. The van der Waals surface area contributed by atoms with Gasteiger partial charge in [0.2, 0.25) is 0 Å². The molecule has 0 atom stereocenters. The molecule has 0 amide bonds. The van der Waals surface area contributed by atoms with Crippen LogP contribution in [0.5, 0.6) is 0 Å². The van der Waals surface area contributed by atoms with Crippen molar-refractivity contribution in [3.63, 3.8) is 0 Å². The Morgan fingerprint density at radius 3 is 2.50 bits per heavy atom. The maximum absolute atomic E-state index is 13.4. The topological polar surface area (TPSA) is 0 Å². The quantitative estimate of drug-likeness (QED) is 0.421. The van der Waals surface area contributed by atoms with E-state index in [0.717, 1.165) is 6.07 Å². The average Bonchev–Trinajstić information content (AvgIpc) is 2.19. The van der Waals surface area contributed by atoms with Gasteiger partial charge in [0.1, 0.15) is 5.82 Å². The number of aryl methyl sites for hydroxylation is 1. The van der Waals surface area contributed by atoms with Crippen LogP contribution in [-0.2, 0) is 12.6 Å². The van der Waals surface area contributed by atoms with Gasteiger partial charge in [0.15, 0.2) is 0 Å². The summed E-state index contributed by atoms with van der Waals surface area (Å²) in [7, 11) is 0. The zero-order chi connectivity index (χ0) is 12.2. The van der Waals surface area contributed by atoms with E-state index in [1.54, 1.807) is 0 Å². The monoisotopic (exact) mass is 230 g/mol. The molecular formula is C12H10F4. The fourth-order valence-electron chi connectivity index (χ4n) is 1.37. The molecule has 0 unspecified atom stereocenters. The number of halogens is 4. The van der Waals surface area contributed by atoms with E-state index >= 15 is 0 Å². The molecule has 0 aliphatic carbocycles. The van der Waals surface area contributed by atoms with Crippen LogP contribution < -0.4 is 0 Å². The van der Waals surface area contributed by atoms with E-state index < -0.39 is 17.6 Å². The third-order valence-corrected chi connectivity index (χ3v) is 2.15. The van der Waals surface area contributed by atoms with Gasteiger partial charge in [-0.3, -0.25) is 0 Å². The number of terminal acetylenes is 1. The lowest BCUT2D eigenvalue weighted by Crippen LogP contribution is -2.09. The molecule has 0 radical (unpaired) electrons. The average molecular weight is 230 g/mol. The first-order valence-electron chi connectivity index (χ1n) is 4.75. The van der Waals surface area contributed by atoms with Gasteiger partial charge in [0.25, 0.3) is 0 Å². The first-order chi connectivity index (χ1) is 7.46. The fraction of sp³-hybridized carbons (Fsp3) is 0.333. The Labute approximate surface area is 91.3 Å². The molecule has 1 aromatic carbocycles. The Morgan fingerprint density at radius 2 is 1.94 bits per heavy atom. The summed E-state index contributed by atoms with van der Waals surface area (Å²) in [6, 6.07) is 3.29. The van der Waals surface area contributed by atoms with Crippen molar-refractivity contribution < 1.29 is 17.6 Å². The first kappa shape index (κ1) is 12.6. The number of rotatable bonds is 3. The highest BCUT2D eigenvalue weighted by Crippen LogP contribution is 2.32. The Hall–Kier alpha value is -1.50. The maximum atomic E-state index is 13.4. The number of benzene rings is 1. The largest absolute Gasteiger partial charge is 0.419 e. The van der Waals surface area contributed by atoms with Crippen molar-refractivity contribution in [2.45, 2.75) is 25.4 Å². The summed E-state index contributed by atoms with van der Waals surface area (Å²) in [5.74, 6) is 1.17. The molecule has 1 aromatic rings. The Balaban J connectivity index is 2.92. The minimum absolute atomic E-state index is 0.0603. The van der Waals surface area contributed by atoms with Crippen LogP contribution >= 0.6 is 0 Å². The molecule has 1 rings (SSSR count). The van der Waals surface area contributed by atoms with Crippen LogP contribution in [0.4, 0.5) is 17.6 Å². The predicted octanol–water partition coefficient (Wildman–Crippen LogP) is 3.80. The molecule has 0 aliphatic heterocycles. The minimum atomic E-state index is -4.65. The number of alkyl halides is 3. The van der Waals surface area contributed by atoms with E-state index in [0.29, 0.717) is 12.8 Å². The van der Waals surface area contributed by atoms with Crippen LogP contribution in [0.3, 0.4) is 0 Å². The van der Waals surface area contributed by atoms with E-state index in [1.165, 1.54) is 12.1 Å². The lowest BCUT2D eigenvalue weighted by molar-refractivity contribution is -0.140. The second kappa shape index (κ2) is 5.02. The predicted molar refractivity (Wildman–Crippen MR) is 53.2 cm³/mol. The van der Waals surface area contributed by atoms with E-state index in [-0.39, 0.29) is 12.0 Å². The Bertz CT molecular complexity index is 398. The van der Waals surface area contributed by atoms with E-state index in [4.69, 9.17) is 6.42 Å². The van der Waals surface area contributed by atoms with Crippen LogP contribution in [0.1, 0.15) is 24.0 Å². The minimum Gasteiger partial charge on any atom is -0.206 e. The number of hydrogen-bond donors (Lipinski definition) is 0. The van der Waals surface area contributed by atoms with Crippen molar-refractivity contribution >= 4 is 0 Å². The van der Waals surface area contributed by atoms with Crippen LogP contribution in [-0.4, -0.2) is 0 Å². The molecule has 0 fully saturated rings. The van der Waals surface area contributed by atoms with Gasteiger partial charge in [0, 0.05) is 6.42 Å². The first-order valence-corrected chi connectivity index (χ1v) is 4.75. The van der Waals surface area contributed by atoms with Gasteiger partial charge >= 0.3 is 6.18 Å². The zero-order valence-corrected chi connectivity index (χ0v) is 8.44. The van der Waals surface area contributed by atoms with Crippen LogP contribution in [0, 0.1) is 18.2 Å². The summed E-state index contributed by atoms with van der Waals surface area (Å²) in [4.78, 5) is 0. The highest BCUT2D eigenvalue weighted by molar-refractivity contribution is 5.28. The molecule has 0 bridgehead atoms. The van der Waals surface area contributed by atoms with Crippen molar-refractivity contribution in [3.8, 4) is 12.3 Å². The van der Waals surface area contributed by atoms with Crippen molar-refractivity contribution in [2.24, 2.45) is 0 Å². The van der Waals surface area contributed by atoms with Crippen molar-refractivity contribution in [1.82, 2.24) is 0 Å². The van der Waals surface area contributed by atoms with E-state index in [2.05, 4.69) is 5.92 Å². The van der Waals surface area contributed by atoms with Gasteiger partial charge < -0.3 is 0 Å². The summed E-state index contributed by atoms with van der Waals surface area (Å²) in [6.07, 6.45) is 1.49. The molecule has 4 heteroatoms. The van der Waals surface area contributed by atoms with Gasteiger partial charge in [-0.15, -0.1) is 12.3 Å². The highest BCUT2D eigenvalue weighted by atomic mass is 19.4. The standard InChI is InChI=1S/C12H10F4/c1-2-3-4-6-9-7-5-8-10(11(9)13)12(14,15)16/h1,5,7-8H,3-4,6H2. The summed E-state index contributed by atoms with van der Waals surface area (Å²) in [5, 5.41) is 0. The van der Waals surface area contributed by atoms with Gasteiger partial charge in [-0.25, -0.2) is 4.39 Å². The highest BCUT2D eigenvalue weighted by Gasteiger charge is 2.34. The SMILES string of the molecule is C#CCCCc1cccc(C(F)(F)F)c1F. The van der Waals surface area contributed by atoms with E-state index in [1.807, 2.05) is 0 Å². The number of hydrogen-bond acceptors (Lipinski definition) is 0. The molecule has 0 nitrogen and oxygen atoms in total. The summed E-state index contributed by atoms with van der Waals surface area (Å²) < 4.78 is 50.5. The smallest absolute Gasteiger partial charge is 0.206 e. The molecule has 86 valence electrons. The van der Waals surface area contributed by atoms with Crippen molar-refractivity contribution in [2.75, 3.05) is 0 Å². The summed E-state index contributed by atoms with van der Waals surface area (Å²) in [6.45, 7) is 0. The lowest BCUT2D eigenvalue weighted by atomic mass is 10.0. The fourth-order valence-corrected chi connectivity index (χ4v) is 1.37. The third-order valence-electron chi connectivity index (χ3n) is 2.15. The molecule has 0 N–H and O–H groups in total. The van der Waals surface area contributed by atoms with Gasteiger partial charge in [-0.2, -0.15) is 13.2 Å². The Morgan fingerprint density at radius 1 is 1.25 bits per heavy atom. The summed E-state index contributed by atoms with van der Waals surface area (Å²) in [5.41, 5.74) is -1.16. The molecule has 16 heavy (non-hydrogen) atoms. The number of unbranched alkanes of at least 4 members (excludes halogenated alkanes) is 1. The van der Waals surface area contributed by atoms with Gasteiger partial charge in [-0.1, -0.05) is 12.1 Å². The molecule has 0 aliphatic rings. The lowest BCUT2D eigenvalue weighted by Gasteiger charge is -2.10. The van der Waals surface area contributed by atoms with E-state index in [9.17, 15) is 17.6 Å². The van der Waals surface area contributed by atoms with Crippen LogP contribution in [0.2, 0.25) is 0 Å². The second-order valence-electron chi connectivity index (χ2n) is 3.33. The maximum Gasteiger partial charge on any atom is 0.419 e. The van der Waals surface area contributed by atoms with Gasteiger partial charge in [-0.05, 0) is 24.5 Å².